The van der Waals surface area contributed by atoms with E-state index >= 15 is 0 Å². The van der Waals surface area contributed by atoms with Crippen LogP contribution >= 0.6 is 27.5 Å². The van der Waals surface area contributed by atoms with Gasteiger partial charge < -0.3 is 10.4 Å². The van der Waals surface area contributed by atoms with Crippen molar-refractivity contribution in [2.75, 3.05) is 0 Å². The highest BCUT2D eigenvalue weighted by Crippen LogP contribution is 2.27. The van der Waals surface area contributed by atoms with Crippen LogP contribution in [0.3, 0.4) is 0 Å². The van der Waals surface area contributed by atoms with Crippen LogP contribution in [0.1, 0.15) is 11.1 Å². The van der Waals surface area contributed by atoms with Gasteiger partial charge in [0.25, 0.3) is 0 Å². The normalized spacial score (nSPS) is 10.6. The lowest BCUT2D eigenvalue weighted by Gasteiger charge is -2.08. The molecule has 0 spiro atoms. The van der Waals surface area contributed by atoms with Crippen LogP contribution in [0.2, 0.25) is 5.02 Å². The number of phenolic OH excluding ortho intramolecular Hbond substituents is 1. The molecule has 0 atom stereocenters. The summed E-state index contributed by atoms with van der Waals surface area (Å²) in [4.78, 5) is 0. The molecule has 0 aliphatic rings. The number of phenols is 1. The van der Waals surface area contributed by atoms with Gasteiger partial charge in [-0.25, -0.2) is 0 Å². The molecule has 4 heteroatoms. The third-order valence-electron chi connectivity index (χ3n) is 2.60. The summed E-state index contributed by atoms with van der Waals surface area (Å²) in [5.74, 6) is 0.288. The molecule has 0 unspecified atom stereocenters. The van der Waals surface area contributed by atoms with Gasteiger partial charge in [0.1, 0.15) is 5.75 Å². The molecule has 2 N–H and O–H groups in total. The van der Waals surface area contributed by atoms with Gasteiger partial charge in [-0.1, -0.05) is 35.9 Å². The van der Waals surface area contributed by atoms with Gasteiger partial charge in [-0.15, -0.1) is 0 Å². The molecule has 0 bridgehead atoms. The maximum absolute atomic E-state index is 9.83. The van der Waals surface area contributed by atoms with Crippen LogP contribution in [-0.2, 0) is 13.1 Å². The van der Waals surface area contributed by atoms with Gasteiger partial charge in [-0.3, -0.25) is 0 Å². The molecule has 0 amide bonds. The third-order valence-corrected chi connectivity index (χ3v) is 3.48. The summed E-state index contributed by atoms with van der Waals surface area (Å²) in [6, 6.07) is 13.3. The Morgan fingerprint density at radius 2 is 1.89 bits per heavy atom. The molecule has 0 aromatic heterocycles. The molecule has 0 fully saturated rings. The van der Waals surface area contributed by atoms with E-state index in [2.05, 4.69) is 21.2 Å². The number of hydrogen-bond donors (Lipinski definition) is 2. The predicted molar refractivity (Wildman–Crippen MR) is 77.8 cm³/mol. The topological polar surface area (TPSA) is 32.3 Å². The fraction of sp³-hybridized carbons (Fsp3) is 0.143. The van der Waals surface area contributed by atoms with Crippen molar-refractivity contribution >= 4 is 27.5 Å². The SMILES string of the molecule is Oc1c(Br)cccc1CNCc1cccc(Cl)c1. The van der Waals surface area contributed by atoms with Gasteiger partial charge in [-0.05, 0) is 39.7 Å². The lowest BCUT2D eigenvalue weighted by Crippen LogP contribution is -2.12. The second-order valence-electron chi connectivity index (χ2n) is 3.98. The summed E-state index contributed by atoms with van der Waals surface area (Å²) in [6.07, 6.45) is 0. The molecule has 2 aromatic rings. The largest absolute Gasteiger partial charge is 0.506 e. The molecule has 2 nitrogen and oxygen atoms in total. The second kappa shape index (κ2) is 6.23. The minimum absolute atomic E-state index is 0.288. The van der Waals surface area contributed by atoms with Crippen LogP contribution in [0.25, 0.3) is 0 Å². The summed E-state index contributed by atoms with van der Waals surface area (Å²) in [6.45, 7) is 1.32. The van der Waals surface area contributed by atoms with E-state index in [1.54, 1.807) is 0 Å². The molecule has 2 aromatic carbocycles. The Hall–Kier alpha value is -1.03. The van der Waals surface area contributed by atoms with Crippen molar-refractivity contribution < 1.29 is 5.11 Å². The van der Waals surface area contributed by atoms with Gasteiger partial charge in [0, 0.05) is 23.7 Å². The van der Waals surface area contributed by atoms with Crippen LogP contribution in [0.5, 0.6) is 5.75 Å². The quantitative estimate of drug-likeness (QED) is 0.886. The molecular formula is C14H13BrClNO. The maximum Gasteiger partial charge on any atom is 0.134 e. The molecule has 0 saturated carbocycles. The molecule has 0 saturated heterocycles. The Labute approximate surface area is 120 Å². The van der Waals surface area contributed by atoms with Crippen LogP contribution in [0, 0.1) is 0 Å². The van der Waals surface area contributed by atoms with E-state index in [9.17, 15) is 5.11 Å². The van der Waals surface area contributed by atoms with Crippen molar-refractivity contribution in [3.63, 3.8) is 0 Å². The van der Waals surface area contributed by atoms with E-state index in [1.165, 1.54) is 0 Å². The van der Waals surface area contributed by atoms with Crippen molar-refractivity contribution in [3.8, 4) is 5.75 Å². The monoisotopic (exact) mass is 325 g/mol. The zero-order chi connectivity index (χ0) is 13.0. The zero-order valence-electron chi connectivity index (χ0n) is 9.66. The fourth-order valence-electron chi connectivity index (χ4n) is 1.69. The van der Waals surface area contributed by atoms with Crippen LogP contribution in [-0.4, -0.2) is 5.11 Å². The summed E-state index contributed by atoms with van der Waals surface area (Å²) >= 11 is 9.21. The number of rotatable bonds is 4. The van der Waals surface area contributed by atoms with Crippen LogP contribution in [0.4, 0.5) is 0 Å². The van der Waals surface area contributed by atoms with Crippen molar-refractivity contribution in [1.29, 1.82) is 0 Å². The number of benzene rings is 2. The Morgan fingerprint density at radius 3 is 2.67 bits per heavy atom. The molecule has 0 radical (unpaired) electrons. The van der Waals surface area contributed by atoms with E-state index in [0.717, 1.165) is 16.1 Å². The minimum Gasteiger partial charge on any atom is -0.506 e. The molecule has 18 heavy (non-hydrogen) atoms. The van der Waals surface area contributed by atoms with E-state index in [0.29, 0.717) is 17.6 Å². The minimum atomic E-state index is 0.288. The molecule has 0 aliphatic carbocycles. The second-order valence-corrected chi connectivity index (χ2v) is 5.27. The van der Waals surface area contributed by atoms with Gasteiger partial charge >= 0.3 is 0 Å². The molecule has 94 valence electrons. The Morgan fingerprint density at radius 1 is 1.11 bits per heavy atom. The zero-order valence-corrected chi connectivity index (χ0v) is 12.0. The average Bonchev–Trinajstić information content (AvgIpc) is 2.35. The van der Waals surface area contributed by atoms with Crippen molar-refractivity contribution in [1.82, 2.24) is 5.32 Å². The van der Waals surface area contributed by atoms with Crippen LogP contribution < -0.4 is 5.32 Å². The van der Waals surface area contributed by atoms with E-state index in [4.69, 9.17) is 11.6 Å². The number of halogens is 2. The first-order chi connectivity index (χ1) is 8.66. The average molecular weight is 327 g/mol. The lowest BCUT2D eigenvalue weighted by atomic mass is 10.2. The number of para-hydroxylation sites is 1. The first kappa shape index (κ1) is 13.4. The van der Waals surface area contributed by atoms with Crippen molar-refractivity contribution in [2.24, 2.45) is 0 Å². The Bertz CT molecular complexity index is 545. The van der Waals surface area contributed by atoms with E-state index in [1.807, 2.05) is 42.5 Å². The summed E-state index contributed by atoms with van der Waals surface area (Å²) in [5.41, 5.74) is 1.99. The van der Waals surface area contributed by atoms with Crippen molar-refractivity contribution in [2.45, 2.75) is 13.1 Å². The van der Waals surface area contributed by atoms with E-state index in [-0.39, 0.29) is 5.75 Å². The highest BCUT2D eigenvalue weighted by molar-refractivity contribution is 9.10. The van der Waals surface area contributed by atoms with Gasteiger partial charge in [0.15, 0.2) is 0 Å². The number of nitrogens with one attached hydrogen (secondary N) is 1. The summed E-state index contributed by atoms with van der Waals surface area (Å²) < 4.78 is 0.713. The summed E-state index contributed by atoms with van der Waals surface area (Å²) in [7, 11) is 0. The molecular weight excluding hydrogens is 314 g/mol. The maximum atomic E-state index is 9.83. The standard InChI is InChI=1S/C14H13BrClNO/c15-13-6-2-4-11(14(13)18)9-17-8-10-3-1-5-12(16)7-10/h1-7,17-18H,8-9H2. The van der Waals surface area contributed by atoms with E-state index < -0.39 is 0 Å². The molecule has 0 heterocycles. The van der Waals surface area contributed by atoms with Gasteiger partial charge in [-0.2, -0.15) is 0 Å². The van der Waals surface area contributed by atoms with Gasteiger partial charge in [0.2, 0.25) is 0 Å². The molecule has 2 rings (SSSR count). The number of aromatic hydroxyl groups is 1. The Kier molecular flexibility index (Phi) is 4.64. The predicted octanol–water partition coefficient (Wildman–Crippen LogP) is 4.10. The Balaban J connectivity index is 1.94. The summed E-state index contributed by atoms with van der Waals surface area (Å²) in [5, 5.41) is 13.8. The van der Waals surface area contributed by atoms with Crippen molar-refractivity contribution in [3.05, 3.63) is 63.1 Å². The van der Waals surface area contributed by atoms with Gasteiger partial charge in [0.05, 0.1) is 4.47 Å². The smallest absolute Gasteiger partial charge is 0.134 e. The fourth-order valence-corrected chi connectivity index (χ4v) is 2.31. The highest BCUT2D eigenvalue weighted by Gasteiger charge is 2.04. The first-order valence-electron chi connectivity index (χ1n) is 5.58. The van der Waals surface area contributed by atoms with Crippen LogP contribution in [0.15, 0.2) is 46.9 Å². The third kappa shape index (κ3) is 3.48. The lowest BCUT2D eigenvalue weighted by molar-refractivity contribution is 0.461. The number of hydrogen-bond acceptors (Lipinski definition) is 2. The molecule has 0 aliphatic heterocycles. The first-order valence-corrected chi connectivity index (χ1v) is 6.75. The highest BCUT2D eigenvalue weighted by atomic mass is 79.9.